The van der Waals surface area contributed by atoms with Crippen molar-refractivity contribution in [3.8, 4) is 33.4 Å². The summed E-state index contributed by atoms with van der Waals surface area (Å²) in [4.78, 5) is 4.81. The highest BCUT2D eigenvalue weighted by atomic mass is 15.1. The summed E-state index contributed by atoms with van der Waals surface area (Å²) in [6.45, 7) is 4.72. The highest BCUT2D eigenvalue weighted by Crippen LogP contribution is 2.64. The van der Waals surface area contributed by atoms with Crippen molar-refractivity contribution in [2.75, 3.05) is 9.80 Å². The van der Waals surface area contributed by atoms with Crippen molar-refractivity contribution >= 4 is 34.1 Å². The Morgan fingerprint density at radius 1 is 0.250 bits per heavy atom. The van der Waals surface area contributed by atoms with Gasteiger partial charge >= 0.3 is 0 Å². The number of hydrogen-bond donors (Lipinski definition) is 0. The molecule has 284 valence electrons. The maximum atomic E-state index is 2.45. The first-order valence-electron chi connectivity index (χ1n) is 21.0. The number of fused-ring (bicyclic) bond motifs is 13. The van der Waals surface area contributed by atoms with Crippen molar-refractivity contribution in [3.05, 3.63) is 252 Å². The van der Waals surface area contributed by atoms with Crippen molar-refractivity contribution < 1.29 is 0 Å². The third kappa shape index (κ3) is 4.82. The fourth-order valence-corrected chi connectivity index (χ4v) is 10.9. The molecular formula is C58H42N2. The maximum absolute atomic E-state index is 2.45. The molecule has 1 unspecified atom stereocenters. The summed E-state index contributed by atoms with van der Waals surface area (Å²) in [6, 6.07) is 80.8. The number of nitrogens with zero attached hydrogens (tertiary/aromatic N) is 2. The lowest BCUT2D eigenvalue weighted by atomic mass is 9.70. The van der Waals surface area contributed by atoms with Crippen LogP contribution in [0.4, 0.5) is 34.1 Å². The molecule has 0 bridgehead atoms. The van der Waals surface area contributed by atoms with Crippen LogP contribution in [-0.4, -0.2) is 0 Å². The Labute approximate surface area is 352 Å². The average Bonchev–Trinajstić information content (AvgIpc) is 3.85. The Kier molecular flexibility index (Phi) is 7.52. The van der Waals surface area contributed by atoms with E-state index >= 15 is 0 Å². The molecule has 0 radical (unpaired) electrons. The minimum Gasteiger partial charge on any atom is -0.310 e. The second-order valence-corrected chi connectivity index (χ2v) is 16.9. The number of anilines is 6. The van der Waals surface area contributed by atoms with E-state index in [2.05, 4.69) is 242 Å². The van der Waals surface area contributed by atoms with Gasteiger partial charge in [-0.3, -0.25) is 0 Å². The summed E-state index contributed by atoms with van der Waals surface area (Å²) in [6.07, 6.45) is 0. The molecule has 0 saturated heterocycles. The minimum absolute atomic E-state index is 0.101. The molecule has 60 heavy (non-hydrogen) atoms. The van der Waals surface area contributed by atoms with Crippen LogP contribution in [0.15, 0.2) is 218 Å². The molecular weight excluding hydrogens is 725 g/mol. The first-order valence-corrected chi connectivity index (χ1v) is 21.0. The molecule has 1 spiro atoms. The van der Waals surface area contributed by atoms with Crippen LogP contribution in [0, 0.1) is 0 Å². The zero-order valence-corrected chi connectivity index (χ0v) is 33.7. The second kappa shape index (κ2) is 13.0. The molecule has 9 aromatic rings. The zero-order valence-electron chi connectivity index (χ0n) is 33.7. The molecule has 0 aromatic heterocycles. The molecule has 0 heterocycles. The summed E-state index contributed by atoms with van der Waals surface area (Å²) in [5.41, 5.74) is 22.2. The van der Waals surface area contributed by atoms with Crippen LogP contribution in [0.5, 0.6) is 0 Å². The Morgan fingerprint density at radius 3 is 1.07 bits per heavy atom. The standard InChI is InChI=1S/C58H42N2/c1-57(2)51-27-15-12-24-45(51)48-33-30-44(38-56(48)57)60(41-22-10-5-11-23-41)43-32-35-55-50(37-43)47-26-14-17-29-53(47)58(55)52-28-16-13-25-46(52)49-36-42(31-34-54(49)58)59(39-18-6-3-7-19-39)40-20-8-4-9-21-40/h3-38H,1-2H3. The van der Waals surface area contributed by atoms with Gasteiger partial charge in [-0.25, -0.2) is 0 Å². The SMILES string of the molecule is CC1(C)c2ccccc2-c2ccc(N(c3ccccc3)c3ccc4c(c3)-c3ccccc3C43c4ccccc4-c4cc(N(c5ccccc5)c5ccccc5)ccc43)cc21. The van der Waals surface area contributed by atoms with Crippen molar-refractivity contribution in [3.63, 3.8) is 0 Å². The van der Waals surface area contributed by atoms with Crippen molar-refractivity contribution in [2.24, 2.45) is 0 Å². The molecule has 0 saturated carbocycles. The fraction of sp³-hybridized carbons (Fsp3) is 0.0690. The number of rotatable bonds is 6. The van der Waals surface area contributed by atoms with E-state index in [1.165, 1.54) is 66.8 Å². The van der Waals surface area contributed by atoms with Gasteiger partial charge in [0.2, 0.25) is 0 Å². The van der Waals surface area contributed by atoms with Gasteiger partial charge in [0, 0.05) is 39.5 Å². The predicted octanol–water partition coefficient (Wildman–Crippen LogP) is 15.3. The van der Waals surface area contributed by atoms with Gasteiger partial charge in [0.15, 0.2) is 0 Å². The Bertz CT molecular complexity index is 3090. The topological polar surface area (TPSA) is 6.48 Å². The van der Waals surface area contributed by atoms with Crippen LogP contribution in [-0.2, 0) is 10.8 Å². The lowest BCUT2D eigenvalue weighted by molar-refractivity contribution is 0.660. The van der Waals surface area contributed by atoms with E-state index in [4.69, 9.17) is 0 Å². The monoisotopic (exact) mass is 766 g/mol. The van der Waals surface area contributed by atoms with Gasteiger partial charge in [0.25, 0.3) is 0 Å². The van der Waals surface area contributed by atoms with Crippen molar-refractivity contribution in [1.29, 1.82) is 0 Å². The van der Waals surface area contributed by atoms with E-state index in [0.717, 1.165) is 34.1 Å². The van der Waals surface area contributed by atoms with Gasteiger partial charge in [-0.05, 0) is 140 Å². The summed E-state index contributed by atoms with van der Waals surface area (Å²) in [5.74, 6) is 0. The second-order valence-electron chi connectivity index (χ2n) is 16.9. The molecule has 1 atom stereocenters. The molecule has 12 rings (SSSR count). The molecule has 2 nitrogen and oxygen atoms in total. The summed E-state index contributed by atoms with van der Waals surface area (Å²) >= 11 is 0. The molecule has 9 aromatic carbocycles. The van der Waals surface area contributed by atoms with Crippen LogP contribution in [0.25, 0.3) is 33.4 Å². The number of benzene rings is 9. The van der Waals surface area contributed by atoms with Gasteiger partial charge < -0.3 is 9.80 Å². The Balaban J connectivity index is 1.05. The molecule has 0 aliphatic heterocycles. The van der Waals surface area contributed by atoms with Crippen LogP contribution in [0.1, 0.15) is 47.2 Å². The minimum atomic E-state index is -0.458. The van der Waals surface area contributed by atoms with Crippen LogP contribution in [0.2, 0.25) is 0 Å². The number of para-hydroxylation sites is 3. The van der Waals surface area contributed by atoms with Crippen LogP contribution in [0.3, 0.4) is 0 Å². The number of hydrogen-bond acceptors (Lipinski definition) is 2. The van der Waals surface area contributed by atoms with E-state index in [-0.39, 0.29) is 5.41 Å². The van der Waals surface area contributed by atoms with E-state index < -0.39 is 5.41 Å². The van der Waals surface area contributed by atoms with Crippen LogP contribution >= 0.6 is 0 Å². The normalized spacial score (nSPS) is 15.7. The quantitative estimate of drug-likeness (QED) is 0.166. The fourth-order valence-electron chi connectivity index (χ4n) is 10.9. The first-order chi connectivity index (χ1) is 29.5. The molecule has 0 N–H and O–H groups in total. The van der Waals surface area contributed by atoms with Crippen molar-refractivity contribution in [1.82, 2.24) is 0 Å². The summed E-state index contributed by atoms with van der Waals surface area (Å²) in [7, 11) is 0. The first kappa shape index (κ1) is 34.6. The molecule has 3 aliphatic carbocycles. The van der Waals surface area contributed by atoms with E-state index in [1.54, 1.807) is 0 Å². The third-order valence-electron chi connectivity index (χ3n) is 13.4. The maximum Gasteiger partial charge on any atom is 0.0725 e. The van der Waals surface area contributed by atoms with Gasteiger partial charge in [0.1, 0.15) is 0 Å². The molecule has 2 heteroatoms. The summed E-state index contributed by atoms with van der Waals surface area (Å²) in [5, 5.41) is 0. The van der Waals surface area contributed by atoms with Crippen LogP contribution < -0.4 is 9.80 Å². The van der Waals surface area contributed by atoms with E-state index in [9.17, 15) is 0 Å². The average molecular weight is 767 g/mol. The largest absolute Gasteiger partial charge is 0.310 e. The predicted molar refractivity (Wildman–Crippen MR) is 250 cm³/mol. The van der Waals surface area contributed by atoms with Gasteiger partial charge in [-0.15, -0.1) is 0 Å². The third-order valence-corrected chi connectivity index (χ3v) is 13.4. The summed E-state index contributed by atoms with van der Waals surface area (Å²) < 4.78 is 0. The van der Waals surface area contributed by atoms with E-state index in [0.29, 0.717) is 0 Å². The smallest absolute Gasteiger partial charge is 0.0725 e. The highest BCUT2D eigenvalue weighted by molar-refractivity contribution is 5.98. The van der Waals surface area contributed by atoms with Gasteiger partial charge in [-0.1, -0.05) is 159 Å². The Hall–Kier alpha value is -7.42. The van der Waals surface area contributed by atoms with E-state index in [1.807, 2.05) is 0 Å². The highest BCUT2D eigenvalue weighted by Gasteiger charge is 2.52. The molecule has 0 fully saturated rings. The Morgan fingerprint density at radius 2 is 0.583 bits per heavy atom. The molecule has 0 amide bonds. The zero-order chi connectivity index (χ0) is 40.0. The van der Waals surface area contributed by atoms with Gasteiger partial charge in [-0.2, -0.15) is 0 Å². The van der Waals surface area contributed by atoms with Crippen molar-refractivity contribution in [2.45, 2.75) is 24.7 Å². The lowest BCUT2D eigenvalue weighted by Crippen LogP contribution is -2.26. The van der Waals surface area contributed by atoms with Gasteiger partial charge in [0.05, 0.1) is 5.41 Å². The lowest BCUT2D eigenvalue weighted by Gasteiger charge is -2.32. The molecule has 3 aliphatic rings.